The lowest BCUT2D eigenvalue weighted by Crippen LogP contribution is -2.41. The second-order valence-corrected chi connectivity index (χ2v) is 3.24. The predicted octanol–water partition coefficient (Wildman–Crippen LogP) is 2.25. The van der Waals surface area contributed by atoms with Gasteiger partial charge in [0.15, 0.2) is 6.61 Å². The minimum Gasteiger partial charge on any atom is -0.481 e. The maximum absolute atomic E-state index is 12.6. The molecule has 0 unspecified atom stereocenters. The summed E-state index contributed by atoms with van der Waals surface area (Å²) in [5.74, 6) is -5.54. The van der Waals surface area contributed by atoms with Crippen LogP contribution in [0.5, 0.6) is 11.8 Å². The average molecular weight is 272 g/mol. The number of anilines is 1. The molecule has 0 atom stereocenters. The molecule has 102 valence electrons. The van der Waals surface area contributed by atoms with Crippen LogP contribution in [-0.4, -0.2) is 30.8 Å². The second kappa shape index (κ2) is 4.83. The molecule has 0 amide bonds. The Morgan fingerprint density at radius 3 is 2.33 bits per heavy atom. The van der Waals surface area contributed by atoms with Crippen molar-refractivity contribution < 1.29 is 31.4 Å². The van der Waals surface area contributed by atoms with Crippen molar-refractivity contribution in [3.8, 4) is 11.8 Å². The third-order valence-electron chi connectivity index (χ3n) is 1.88. The van der Waals surface area contributed by atoms with Gasteiger partial charge in [-0.3, -0.25) is 0 Å². The summed E-state index contributed by atoms with van der Waals surface area (Å²) in [5.41, 5.74) is 5.14. The van der Waals surface area contributed by atoms with E-state index in [9.17, 15) is 22.0 Å². The van der Waals surface area contributed by atoms with Gasteiger partial charge in [0.25, 0.3) is 0 Å². The first-order chi connectivity index (χ1) is 8.17. The fraction of sp³-hybridized carbons (Fsp3) is 0.444. The molecule has 0 aliphatic heterocycles. The van der Waals surface area contributed by atoms with Gasteiger partial charge >= 0.3 is 12.1 Å². The van der Waals surface area contributed by atoms with Crippen molar-refractivity contribution in [2.45, 2.75) is 12.1 Å². The monoisotopic (exact) mass is 272 g/mol. The molecule has 0 radical (unpaired) electrons. The zero-order chi connectivity index (χ0) is 14.0. The molecule has 18 heavy (non-hydrogen) atoms. The average Bonchev–Trinajstić information content (AvgIpc) is 2.26. The summed E-state index contributed by atoms with van der Waals surface area (Å²) in [7, 11) is 1.24. The molecule has 0 saturated carbocycles. The van der Waals surface area contributed by atoms with Crippen LogP contribution in [-0.2, 0) is 0 Å². The molecule has 0 spiro atoms. The molecule has 0 aliphatic rings. The number of pyridine rings is 1. The van der Waals surface area contributed by atoms with Crippen molar-refractivity contribution in [2.24, 2.45) is 0 Å². The first kappa shape index (κ1) is 14.3. The minimum absolute atomic E-state index is 0.0190. The zero-order valence-corrected chi connectivity index (χ0v) is 9.09. The van der Waals surface area contributed by atoms with E-state index >= 15 is 0 Å². The van der Waals surface area contributed by atoms with E-state index in [4.69, 9.17) is 5.73 Å². The van der Waals surface area contributed by atoms with E-state index in [1.54, 1.807) is 0 Å². The highest BCUT2D eigenvalue weighted by atomic mass is 19.4. The molecule has 0 saturated heterocycles. The summed E-state index contributed by atoms with van der Waals surface area (Å²) in [5, 5.41) is 0. The fourth-order valence-corrected chi connectivity index (χ4v) is 0.904. The molecule has 0 fully saturated rings. The maximum atomic E-state index is 12.6. The van der Waals surface area contributed by atoms with Crippen molar-refractivity contribution in [3.05, 3.63) is 12.1 Å². The van der Waals surface area contributed by atoms with Crippen molar-refractivity contribution in [2.75, 3.05) is 19.5 Å². The smallest absolute Gasteiger partial charge is 0.456 e. The zero-order valence-electron chi connectivity index (χ0n) is 9.09. The van der Waals surface area contributed by atoms with Crippen LogP contribution < -0.4 is 15.2 Å². The van der Waals surface area contributed by atoms with Gasteiger partial charge in [-0.25, -0.2) is 0 Å². The van der Waals surface area contributed by atoms with E-state index in [2.05, 4.69) is 14.5 Å². The lowest BCUT2D eigenvalue weighted by Gasteiger charge is -2.19. The number of hydrogen-bond donors (Lipinski definition) is 1. The number of nitrogens with two attached hydrogens (primary N) is 1. The van der Waals surface area contributed by atoms with Crippen LogP contribution in [0.4, 0.5) is 27.6 Å². The molecule has 2 N–H and O–H groups in total. The number of alkyl halides is 5. The predicted molar refractivity (Wildman–Crippen MR) is 51.7 cm³/mol. The number of ether oxygens (including phenoxy) is 2. The van der Waals surface area contributed by atoms with Gasteiger partial charge < -0.3 is 15.2 Å². The highest BCUT2D eigenvalue weighted by Crippen LogP contribution is 2.36. The van der Waals surface area contributed by atoms with Gasteiger partial charge in [0.2, 0.25) is 11.8 Å². The van der Waals surface area contributed by atoms with Crippen molar-refractivity contribution in [3.63, 3.8) is 0 Å². The van der Waals surface area contributed by atoms with Crippen LogP contribution in [0.25, 0.3) is 0 Å². The molecule has 1 aromatic rings. The van der Waals surface area contributed by atoms with Crippen LogP contribution in [0, 0.1) is 0 Å². The largest absolute Gasteiger partial charge is 0.481 e. The first-order valence-electron chi connectivity index (χ1n) is 4.55. The van der Waals surface area contributed by atoms with Gasteiger partial charge in [-0.2, -0.15) is 26.9 Å². The number of hydrogen-bond acceptors (Lipinski definition) is 4. The topological polar surface area (TPSA) is 57.4 Å². The molecule has 0 aliphatic carbocycles. The van der Waals surface area contributed by atoms with Crippen LogP contribution in [0.2, 0.25) is 0 Å². The van der Waals surface area contributed by atoms with E-state index in [0.717, 1.165) is 0 Å². The molecule has 1 aromatic heterocycles. The van der Waals surface area contributed by atoms with Gasteiger partial charge in [0, 0.05) is 6.07 Å². The Bertz CT molecular complexity index is 422. The highest BCUT2D eigenvalue weighted by Gasteiger charge is 2.58. The standard InChI is InChI=1S/C9H9F5N2O2/c1-17-6-3-2-5(15)7(16-6)18-4-8(10,11)9(12,13)14/h2-3H,4,15H2,1H3. The Kier molecular flexibility index (Phi) is 3.82. The maximum Gasteiger partial charge on any atom is 0.456 e. The Balaban J connectivity index is 2.80. The molecule has 1 heterocycles. The van der Waals surface area contributed by atoms with Crippen molar-refractivity contribution >= 4 is 5.69 Å². The number of nitrogen functional groups attached to an aromatic ring is 1. The molecular formula is C9H9F5N2O2. The third kappa shape index (κ3) is 3.11. The first-order valence-corrected chi connectivity index (χ1v) is 4.55. The highest BCUT2D eigenvalue weighted by molar-refractivity contribution is 5.49. The summed E-state index contributed by atoms with van der Waals surface area (Å²) in [6, 6.07) is 2.52. The Hall–Kier alpha value is -1.80. The molecule has 9 heteroatoms. The Morgan fingerprint density at radius 1 is 1.22 bits per heavy atom. The SMILES string of the molecule is COc1ccc(N)c(OCC(F)(F)C(F)(F)F)n1. The normalized spacial score (nSPS) is 12.3. The molecule has 0 aromatic carbocycles. The summed E-state index contributed by atoms with van der Waals surface area (Å²) < 4.78 is 69.7. The van der Waals surface area contributed by atoms with Gasteiger partial charge in [-0.15, -0.1) is 0 Å². The van der Waals surface area contributed by atoms with Gasteiger partial charge in [0.1, 0.15) is 0 Å². The number of nitrogens with zero attached hydrogens (tertiary/aromatic N) is 1. The summed E-state index contributed by atoms with van der Waals surface area (Å²) >= 11 is 0. The van der Waals surface area contributed by atoms with Crippen LogP contribution in [0.1, 0.15) is 0 Å². The number of rotatable bonds is 4. The van der Waals surface area contributed by atoms with E-state index in [-0.39, 0.29) is 11.6 Å². The molecular weight excluding hydrogens is 263 g/mol. The van der Waals surface area contributed by atoms with E-state index < -0.39 is 24.6 Å². The van der Waals surface area contributed by atoms with Crippen molar-refractivity contribution in [1.82, 2.24) is 4.98 Å². The summed E-state index contributed by atoms with van der Waals surface area (Å²) in [6.07, 6.45) is -5.69. The lowest BCUT2D eigenvalue weighted by molar-refractivity contribution is -0.290. The molecule has 1 rings (SSSR count). The third-order valence-corrected chi connectivity index (χ3v) is 1.88. The van der Waals surface area contributed by atoms with Crippen LogP contribution >= 0.6 is 0 Å². The quantitative estimate of drug-likeness (QED) is 0.854. The Morgan fingerprint density at radius 2 is 1.83 bits per heavy atom. The lowest BCUT2D eigenvalue weighted by atomic mass is 10.3. The van der Waals surface area contributed by atoms with Gasteiger partial charge in [0.05, 0.1) is 12.8 Å². The van der Waals surface area contributed by atoms with Gasteiger partial charge in [-0.05, 0) is 6.07 Å². The number of aromatic nitrogens is 1. The fourth-order valence-electron chi connectivity index (χ4n) is 0.904. The number of halogens is 5. The number of methoxy groups -OCH3 is 1. The Labute approximate surface area is 98.5 Å². The minimum atomic E-state index is -5.69. The molecule has 4 nitrogen and oxygen atoms in total. The van der Waals surface area contributed by atoms with E-state index in [1.165, 1.54) is 19.2 Å². The van der Waals surface area contributed by atoms with E-state index in [0.29, 0.717) is 0 Å². The van der Waals surface area contributed by atoms with Crippen LogP contribution in [0.15, 0.2) is 12.1 Å². The second-order valence-electron chi connectivity index (χ2n) is 3.24. The van der Waals surface area contributed by atoms with Crippen molar-refractivity contribution in [1.29, 1.82) is 0 Å². The summed E-state index contributed by atoms with van der Waals surface area (Å²) in [4.78, 5) is 3.51. The summed E-state index contributed by atoms with van der Waals surface area (Å²) in [6.45, 7) is -1.90. The van der Waals surface area contributed by atoms with E-state index in [1.807, 2.05) is 0 Å². The van der Waals surface area contributed by atoms with Crippen LogP contribution in [0.3, 0.4) is 0 Å². The molecule has 0 bridgehead atoms. The van der Waals surface area contributed by atoms with Gasteiger partial charge in [-0.1, -0.05) is 0 Å².